The molecule has 1 unspecified atom stereocenters. The van der Waals surface area contributed by atoms with E-state index in [0.717, 1.165) is 11.4 Å². The van der Waals surface area contributed by atoms with E-state index < -0.39 is 0 Å². The molecule has 0 radical (unpaired) electrons. The number of aryl methyl sites for hydroxylation is 1. The first-order valence-electron chi connectivity index (χ1n) is 10.6. The predicted octanol–water partition coefficient (Wildman–Crippen LogP) is 2.42. The number of allylic oxidation sites excluding steroid dienone is 1. The Morgan fingerprint density at radius 2 is 1.97 bits per heavy atom. The standard InChI is InChI=1S/C23H25FN4O2.CH3NO/c1-4-9-27-14-20(19-12-15(2)25-21(19)23(27)30)22(29)28-11-10-26(13-16(28)3)18-7-5-17(24)6-8-18;2-1-3/h4-8,12,14,16,25H,1,9-11,13H2,2-3H3;1H,(H2,2,3). The second kappa shape index (κ2) is 10.2. The number of H-pyrrole nitrogens is 1. The first-order valence-corrected chi connectivity index (χ1v) is 10.6. The molecule has 174 valence electrons. The number of nitrogens with zero attached hydrogens (tertiary/aromatic N) is 3. The van der Waals surface area contributed by atoms with E-state index in [4.69, 9.17) is 4.79 Å². The molecule has 0 spiro atoms. The van der Waals surface area contributed by atoms with Gasteiger partial charge in [-0.25, -0.2) is 4.39 Å². The SMILES string of the molecule is C=CCn1cc(C(=O)N2CCN(c3ccc(F)cc3)CC2C)c2cc(C)[nH]c2c1=O.NC=O. The Morgan fingerprint density at radius 3 is 2.58 bits per heavy atom. The van der Waals surface area contributed by atoms with Gasteiger partial charge in [0.05, 0.1) is 5.56 Å². The molecular formula is C24H28FN5O3. The van der Waals surface area contributed by atoms with Gasteiger partial charge in [-0.15, -0.1) is 6.58 Å². The molecule has 2 amide bonds. The molecule has 1 aliphatic rings. The highest BCUT2D eigenvalue weighted by atomic mass is 19.1. The molecule has 33 heavy (non-hydrogen) atoms. The molecule has 2 aromatic heterocycles. The van der Waals surface area contributed by atoms with E-state index in [0.29, 0.717) is 42.6 Å². The zero-order chi connectivity index (χ0) is 24.1. The predicted molar refractivity (Wildman–Crippen MR) is 127 cm³/mol. The molecular weight excluding hydrogens is 425 g/mol. The van der Waals surface area contributed by atoms with Crippen LogP contribution in [0.15, 0.2) is 54.0 Å². The van der Waals surface area contributed by atoms with Crippen LogP contribution >= 0.6 is 0 Å². The average Bonchev–Trinajstić information content (AvgIpc) is 3.18. The molecule has 1 atom stereocenters. The van der Waals surface area contributed by atoms with Crippen LogP contribution in [0.5, 0.6) is 0 Å². The first kappa shape index (κ1) is 23.8. The number of aromatic amines is 1. The normalized spacial score (nSPS) is 15.7. The van der Waals surface area contributed by atoms with Crippen molar-refractivity contribution in [3.8, 4) is 0 Å². The minimum absolute atomic E-state index is 0.0359. The Hall–Kier alpha value is -3.88. The molecule has 0 saturated carbocycles. The zero-order valence-electron chi connectivity index (χ0n) is 18.8. The van der Waals surface area contributed by atoms with Crippen molar-refractivity contribution in [3.63, 3.8) is 0 Å². The van der Waals surface area contributed by atoms with Gasteiger partial charge in [-0.3, -0.25) is 14.4 Å². The van der Waals surface area contributed by atoms with E-state index >= 15 is 0 Å². The summed E-state index contributed by atoms with van der Waals surface area (Å²) >= 11 is 0. The Morgan fingerprint density at radius 1 is 1.30 bits per heavy atom. The maximum absolute atomic E-state index is 13.5. The van der Waals surface area contributed by atoms with Gasteiger partial charge in [0.2, 0.25) is 6.41 Å². The van der Waals surface area contributed by atoms with Crippen LogP contribution in [0.4, 0.5) is 10.1 Å². The van der Waals surface area contributed by atoms with Crippen molar-refractivity contribution in [2.45, 2.75) is 26.4 Å². The minimum atomic E-state index is -0.263. The maximum atomic E-state index is 13.5. The third-order valence-electron chi connectivity index (χ3n) is 5.64. The number of rotatable bonds is 4. The highest BCUT2D eigenvalue weighted by Gasteiger charge is 2.30. The molecule has 3 N–H and O–H groups in total. The first-order chi connectivity index (χ1) is 15.8. The molecule has 3 aromatic rings. The third kappa shape index (κ3) is 4.97. The van der Waals surface area contributed by atoms with Gasteiger partial charge in [-0.2, -0.15) is 0 Å². The van der Waals surface area contributed by atoms with Crippen LogP contribution in [-0.4, -0.2) is 52.4 Å². The van der Waals surface area contributed by atoms with Crippen LogP contribution in [-0.2, 0) is 11.3 Å². The van der Waals surface area contributed by atoms with Gasteiger partial charge >= 0.3 is 0 Å². The number of halogens is 1. The van der Waals surface area contributed by atoms with E-state index in [-0.39, 0.29) is 29.7 Å². The maximum Gasteiger partial charge on any atom is 0.275 e. The molecule has 1 aromatic carbocycles. The Labute approximate surface area is 191 Å². The second-order valence-corrected chi connectivity index (χ2v) is 7.94. The monoisotopic (exact) mass is 453 g/mol. The summed E-state index contributed by atoms with van der Waals surface area (Å²) in [5.74, 6) is -0.357. The summed E-state index contributed by atoms with van der Waals surface area (Å²) in [6, 6.07) is 8.23. The molecule has 1 aliphatic heterocycles. The fourth-order valence-corrected chi connectivity index (χ4v) is 4.14. The largest absolute Gasteiger partial charge is 0.372 e. The van der Waals surface area contributed by atoms with Crippen LogP contribution in [0, 0.1) is 12.7 Å². The Balaban J connectivity index is 0.000000968. The number of hydrogen-bond acceptors (Lipinski definition) is 4. The number of pyridine rings is 1. The number of hydrogen-bond donors (Lipinski definition) is 2. The quantitative estimate of drug-likeness (QED) is 0.468. The van der Waals surface area contributed by atoms with Crippen molar-refractivity contribution in [1.29, 1.82) is 0 Å². The summed E-state index contributed by atoms with van der Waals surface area (Å²) in [5.41, 5.74) is 6.74. The van der Waals surface area contributed by atoms with E-state index in [2.05, 4.69) is 22.2 Å². The molecule has 8 nitrogen and oxygen atoms in total. The van der Waals surface area contributed by atoms with Crippen LogP contribution in [0.1, 0.15) is 23.0 Å². The molecule has 9 heteroatoms. The summed E-state index contributed by atoms with van der Waals surface area (Å²) in [5, 5.41) is 0.649. The summed E-state index contributed by atoms with van der Waals surface area (Å²) in [6.07, 6.45) is 3.53. The van der Waals surface area contributed by atoms with Crippen LogP contribution in [0.3, 0.4) is 0 Å². The van der Waals surface area contributed by atoms with Gasteiger partial charge in [0.25, 0.3) is 11.5 Å². The number of anilines is 1. The van der Waals surface area contributed by atoms with Crippen molar-refractivity contribution >= 4 is 28.9 Å². The summed E-state index contributed by atoms with van der Waals surface area (Å²) in [6.45, 7) is 9.77. The lowest BCUT2D eigenvalue weighted by atomic mass is 10.1. The van der Waals surface area contributed by atoms with E-state index in [1.807, 2.05) is 24.8 Å². The fraction of sp³-hybridized carbons (Fsp3) is 0.292. The van der Waals surface area contributed by atoms with Gasteiger partial charge < -0.3 is 25.1 Å². The number of carbonyl (C=O) groups is 2. The Bertz CT molecular complexity index is 1220. The lowest BCUT2D eigenvalue weighted by Crippen LogP contribution is -2.54. The smallest absolute Gasteiger partial charge is 0.275 e. The van der Waals surface area contributed by atoms with Crippen LogP contribution in [0.25, 0.3) is 10.9 Å². The molecule has 3 heterocycles. The lowest BCUT2D eigenvalue weighted by Gasteiger charge is -2.41. The number of piperazine rings is 1. The van der Waals surface area contributed by atoms with Crippen molar-refractivity contribution in [3.05, 3.63) is 76.6 Å². The van der Waals surface area contributed by atoms with Crippen molar-refractivity contribution in [1.82, 2.24) is 14.5 Å². The van der Waals surface area contributed by atoms with Crippen molar-refractivity contribution < 1.29 is 14.0 Å². The number of carbonyl (C=O) groups excluding carboxylic acids is 2. The zero-order valence-corrected chi connectivity index (χ0v) is 18.8. The highest BCUT2D eigenvalue weighted by molar-refractivity contribution is 6.06. The number of fused-ring (bicyclic) bond motifs is 1. The molecule has 0 aliphatic carbocycles. The highest BCUT2D eigenvalue weighted by Crippen LogP contribution is 2.24. The van der Waals surface area contributed by atoms with Gasteiger partial charge in [0.15, 0.2) is 0 Å². The van der Waals surface area contributed by atoms with E-state index in [1.54, 1.807) is 24.4 Å². The number of amides is 2. The van der Waals surface area contributed by atoms with Crippen LogP contribution < -0.4 is 16.2 Å². The summed E-state index contributed by atoms with van der Waals surface area (Å²) in [4.78, 5) is 41.9. The van der Waals surface area contributed by atoms with Crippen molar-refractivity contribution in [2.75, 3.05) is 24.5 Å². The number of nitrogens with two attached hydrogens (primary N) is 1. The third-order valence-corrected chi connectivity index (χ3v) is 5.64. The Kier molecular flexibility index (Phi) is 7.32. The molecule has 0 bridgehead atoms. The number of nitrogens with one attached hydrogen (secondary N) is 1. The topological polar surface area (TPSA) is 104 Å². The van der Waals surface area contributed by atoms with Gasteiger partial charge in [0, 0.05) is 55.2 Å². The second-order valence-electron chi connectivity index (χ2n) is 7.94. The minimum Gasteiger partial charge on any atom is -0.372 e. The lowest BCUT2D eigenvalue weighted by molar-refractivity contribution is -0.106. The number of aromatic nitrogens is 2. The van der Waals surface area contributed by atoms with Gasteiger partial charge in [0.1, 0.15) is 11.3 Å². The van der Waals surface area contributed by atoms with Crippen LogP contribution in [0.2, 0.25) is 0 Å². The number of benzene rings is 1. The number of primary amides is 1. The molecule has 4 rings (SSSR count). The summed E-state index contributed by atoms with van der Waals surface area (Å²) in [7, 11) is 0. The van der Waals surface area contributed by atoms with Gasteiger partial charge in [-0.05, 0) is 44.2 Å². The molecule has 1 fully saturated rings. The molecule has 1 saturated heterocycles. The van der Waals surface area contributed by atoms with Gasteiger partial charge in [-0.1, -0.05) is 6.08 Å². The summed E-state index contributed by atoms with van der Waals surface area (Å²) < 4.78 is 14.7. The van der Waals surface area contributed by atoms with E-state index in [9.17, 15) is 14.0 Å². The van der Waals surface area contributed by atoms with E-state index in [1.165, 1.54) is 16.7 Å². The fourth-order valence-electron chi connectivity index (χ4n) is 4.14. The van der Waals surface area contributed by atoms with Crippen molar-refractivity contribution in [2.24, 2.45) is 5.73 Å². The average molecular weight is 454 g/mol.